The van der Waals surface area contributed by atoms with Crippen molar-refractivity contribution in [1.29, 1.82) is 0 Å². The number of anilines is 1. The number of H-pyrrole nitrogens is 1. The molecule has 22 heavy (non-hydrogen) atoms. The second-order valence-corrected chi connectivity index (χ2v) is 4.22. The molecule has 0 atom stereocenters. The van der Waals surface area contributed by atoms with E-state index in [1.54, 1.807) is 6.92 Å². The third-order valence-corrected chi connectivity index (χ3v) is 2.37. The van der Waals surface area contributed by atoms with Gasteiger partial charge in [0.1, 0.15) is 5.75 Å². The number of alkyl halides is 3. The Hall–Kier alpha value is -2.84. The quantitative estimate of drug-likeness (QED) is 0.671. The summed E-state index contributed by atoms with van der Waals surface area (Å²) in [4.78, 5) is 17.6. The molecule has 2 aromatic rings. The number of hydrazone groups is 1. The Labute approximate surface area is 122 Å². The molecule has 0 spiro atoms. The molecule has 1 aromatic heterocycles. The van der Waals surface area contributed by atoms with Crippen LogP contribution in [0.25, 0.3) is 0 Å². The van der Waals surface area contributed by atoms with Gasteiger partial charge in [0, 0.05) is 11.8 Å². The van der Waals surface area contributed by atoms with Crippen molar-refractivity contribution in [3.8, 4) is 5.75 Å². The summed E-state index contributed by atoms with van der Waals surface area (Å²) in [6, 6.07) is 6.47. The van der Waals surface area contributed by atoms with Gasteiger partial charge < -0.3 is 4.74 Å². The number of aromatic amines is 1. The predicted octanol–water partition coefficient (Wildman–Crippen LogP) is 2.42. The van der Waals surface area contributed by atoms with Gasteiger partial charge in [-0.1, -0.05) is 0 Å². The fourth-order valence-corrected chi connectivity index (χ4v) is 1.56. The topological polar surface area (TPSA) is 79.4 Å². The molecule has 0 bridgehead atoms. The van der Waals surface area contributed by atoms with E-state index in [4.69, 9.17) is 0 Å². The van der Waals surface area contributed by atoms with Crippen LogP contribution in [0.15, 0.2) is 40.2 Å². The van der Waals surface area contributed by atoms with Crippen LogP contribution in [0.3, 0.4) is 0 Å². The third kappa shape index (κ3) is 4.93. The fraction of sp³-hybridized carbons (Fsp3) is 0.154. The molecule has 0 unspecified atom stereocenters. The van der Waals surface area contributed by atoms with Crippen molar-refractivity contribution in [2.24, 2.45) is 5.10 Å². The van der Waals surface area contributed by atoms with Crippen molar-refractivity contribution >= 4 is 12.2 Å². The number of benzene rings is 1. The smallest absolute Gasteiger partial charge is 0.406 e. The third-order valence-electron chi connectivity index (χ3n) is 2.37. The molecule has 0 aliphatic heterocycles. The lowest BCUT2D eigenvalue weighted by Crippen LogP contribution is -2.17. The number of ether oxygens (including phenoxy) is 1. The van der Waals surface area contributed by atoms with Crippen molar-refractivity contribution in [2.45, 2.75) is 13.3 Å². The van der Waals surface area contributed by atoms with E-state index in [2.05, 4.69) is 25.2 Å². The molecule has 0 radical (unpaired) electrons. The van der Waals surface area contributed by atoms with E-state index in [1.165, 1.54) is 36.5 Å². The summed E-state index contributed by atoms with van der Waals surface area (Å²) in [6.07, 6.45) is -3.36. The highest BCUT2D eigenvalue weighted by Gasteiger charge is 2.30. The van der Waals surface area contributed by atoms with Gasteiger partial charge in [0.2, 0.25) is 5.95 Å². The lowest BCUT2D eigenvalue weighted by molar-refractivity contribution is -0.274. The van der Waals surface area contributed by atoms with E-state index in [-0.39, 0.29) is 17.3 Å². The zero-order valence-corrected chi connectivity index (χ0v) is 11.3. The molecule has 0 amide bonds. The van der Waals surface area contributed by atoms with Crippen molar-refractivity contribution in [3.63, 3.8) is 0 Å². The molecule has 2 N–H and O–H groups in total. The van der Waals surface area contributed by atoms with E-state index in [0.717, 1.165) is 0 Å². The number of rotatable bonds is 4. The number of aryl methyl sites for hydroxylation is 1. The maximum atomic E-state index is 12.0. The number of nitrogens with one attached hydrogen (secondary N) is 2. The summed E-state index contributed by atoms with van der Waals surface area (Å²) in [6.45, 7) is 1.66. The molecular formula is C13H11F3N4O2. The second-order valence-electron chi connectivity index (χ2n) is 4.22. The van der Waals surface area contributed by atoms with Gasteiger partial charge in [-0.2, -0.15) is 5.10 Å². The molecular weight excluding hydrogens is 301 g/mol. The van der Waals surface area contributed by atoms with Gasteiger partial charge in [0.25, 0.3) is 5.56 Å². The van der Waals surface area contributed by atoms with Crippen LogP contribution in [-0.2, 0) is 0 Å². The molecule has 0 fully saturated rings. The molecule has 0 saturated heterocycles. The van der Waals surface area contributed by atoms with Crippen LogP contribution < -0.4 is 15.7 Å². The Morgan fingerprint density at radius 3 is 2.59 bits per heavy atom. The van der Waals surface area contributed by atoms with Crippen molar-refractivity contribution < 1.29 is 17.9 Å². The number of hydrogen-bond donors (Lipinski definition) is 2. The zero-order valence-electron chi connectivity index (χ0n) is 11.3. The van der Waals surface area contributed by atoms with Crippen LogP contribution in [0, 0.1) is 6.92 Å². The van der Waals surface area contributed by atoms with Gasteiger partial charge in [0.05, 0.1) is 6.21 Å². The minimum Gasteiger partial charge on any atom is -0.406 e. The maximum absolute atomic E-state index is 12.0. The van der Waals surface area contributed by atoms with Gasteiger partial charge in [-0.3, -0.25) is 9.78 Å². The fourth-order valence-electron chi connectivity index (χ4n) is 1.56. The summed E-state index contributed by atoms with van der Waals surface area (Å²) in [5.41, 5.74) is 3.26. The first-order valence-electron chi connectivity index (χ1n) is 6.05. The number of aromatic nitrogens is 2. The van der Waals surface area contributed by atoms with Crippen LogP contribution in [0.2, 0.25) is 0 Å². The molecule has 0 saturated carbocycles. The first-order valence-corrected chi connectivity index (χ1v) is 6.05. The van der Waals surface area contributed by atoms with E-state index in [9.17, 15) is 18.0 Å². The summed E-state index contributed by atoms with van der Waals surface area (Å²) in [5, 5.41) is 3.83. The summed E-state index contributed by atoms with van der Waals surface area (Å²) < 4.78 is 39.8. The Morgan fingerprint density at radius 1 is 1.32 bits per heavy atom. The number of hydrogen-bond acceptors (Lipinski definition) is 5. The minimum atomic E-state index is -4.72. The molecule has 0 aliphatic carbocycles. The van der Waals surface area contributed by atoms with Gasteiger partial charge in [-0.05, 0) is 36.8 Å². The van der Waals surface area contributed by atoms with E-state index in [0.29, 0.717) is 11.3 Å². The van der Waals surface area contributed by atoms with Crippen molar-refractivity contribution in [2.75, 3.05) is 5.43 Å². The Kier molecular flexibility index (Phi) is 4.44. The van der Waals surface area contributed by atoms with Gasteiger partial charge in [-0.15, -0.1) is 13.2 Å². The molecule has 116 valence electrons. The van der Waals surface area contributed by atoms with Crippen LogP contribution in [-0.4, -0.2) is 22.5 Å². The lowest BCUT2D eigenvalue weighted by Gasteiger charge is -2.08. The molecule has 6 nitrogen and oxygen atoms in total. The standard InChI is InChI=1S/C13H11F3N4O2/c1-8-6-11(21)19-12(18-8)20-17-7-9-2-4-10(5-3-9)22-13(14,15)16/h2-7H,1H3,(H2,18,19,20,21). The molecule has 2 rings (SSSR count). The molecule has 1 heterocycles. The highest BCUT2D eigenvalue weighted by molar-refractivity contribution is 5.80. The summed E-state index contributed by atoms with van der Waals surface area (Å²) in [5.74, 6) is -0.152. The first kappa shape index (κ1) is 15.5. The zero-order chi connectivity index (χ0) is 16.2. The summed E-state index contributed by atoms with van der Waals surface area (Å²) >= 11 is 0. The Morgan fingerprint density at radius 2 is 2.00 bits per heavy atom. The van der Waals surface area contributed by atoms with Gasteiger partial charge >= 0.3 is 6.36 Å². The second kappa shape index (κ2) is 6.29. The monoisotopic (exact) mass is 312 g/mol. The average molecular weight is 312 g/mol. The Balaban J connectivity index is 2.00. The summed E-state index contributed by atoms with van der Waals surface area (Å²) in [7, 11) is 0. The van der Waals surface area contributed by atoms with Gasteiger partial charge in [-0.25, -0.2) is 10.4 Å². The normalized spacial score (nSPS) is 11.6. The van der Waals surface area contributed by atoms with Crippen LogP contribution in [0.5, 0.6) is 5.75 Å². The molecule has 9 heteroatoms. The highest BCUT2D eigenvalue weighted by atomic mass is 19.4. The highest BCUT2D eigenvalue weighted by Crippen LogP contribution is 2.22. The first-order chi connectivity index (χ1) is 10.3. The minimum absolute atomic E-state index is 0.165. The lowest BCUT2D eigenvalue weighted by atomic mass is 10.2. The van der Waals surface area contributed by atoms with Crippen molar-refractivity contribution in [3.05, 3.63) is 51.9 Å². The number of nitrogens with zero attached hydrogens (tertiary/aromatic N) is 2. The molecule has 1 aromatic carbocycles. The SMILES string of the molecule is Cc1cc(=O)[nH]c(NN=Cc2ccc(OC(F)(F)F)cc2)n1. The van der Waals surface area contributed by atoms with Crippen LogP contribution >= 0.6 is 0 Å². The van der Waals surface area contributed by atoms with E-state index in [1.807, 2.05) is 0 Å². The number of halogens is 3. The van der Waals surface area contributed by atoms with E-state index >= 15 is 0 Å². The van der Waals surface area contributed by atoms with Crippen molar-refractivity contribution in [1.82, 2.24) is 9.97 Å². The largest absolute Gasteiger partial charge is 0.573 e. The maximum Gasteiger partial charge on any atom is 0.573 e. The molecule has 0 aliphatic rings. The Bertz CT molecular complexity index is 723. The van der Waals surface area contributed by atoms with Gasteiger partial charge in [0.15, 0.2) is 0 Å². The van der Waals surface area contributed by atoms with Crippen LogP contribution in [0.4, 0.5) is 19.1 Å². The predicted molar refractivity (Wildman–Crippen MR) is 73.9 cm³/mol. The average Bonchev–Trinajstić information content (AvgIpc) is 2.38. The van der Waals surface area contributed by atoms with E-state index < -0.39 is 6.36 Å². The van der Waals surface area contributed by atoms with Crippen LogP contribution in [0.1, 0.15) is 11.3 Å².